The molecular weight excluding hydrogens is 270 g/mol. The van der Waals surface area contributed by atoms with Gasteiger partial charge in [0.15, 0.2) is 0 Å². The second kappa shape index (κ2) is 6.93. The lowest BCUT2D eigenvalue weighted by Gasteiger charge is -2.43. The molecule has 1 unspecified atom stereocenters. The molecule has 0 amide bonds. The lowest BCUT2D eigenvalue weighted by atomic mass is 9.65. The number of hydrogen-bond donors (Lipinski definition) is 2. The Hall–Kier alpha value is -0.570. The number of halogens is 1. The zero-order chi connectivity index (χ0) is 14.6. The van der Waals surface area contributed by atoms with E-state index in [0.29, 0.717) is 11.6 Å². The first-order valence-corrected chi connectivity index (χ1v) is 8.13. The molecule has 1 fully saturated rings. The molecule has 2 rings (SSSR count). The molecular formula is C17H26ClNO. The quantitative estimate of drug-likeness (QED) is 0.850. The summed E-state index contributed by atoms with van der Waals surface area (Å²) in [5.74, 6) is 0.804. The molecule has 1 aromatic rings. The molecule has 0 heterocycles. The van der Waals surface area contributed by atoms with E-state index in [2.05, 4.69) is 6.92 Å². The summed E-state index contributed by atoms with van der Waals surface area (Å²) in [6.07, 6.45) is 6.33. The number of aliphatic hydroxyl groups excluding tert-OH is 1. The first-order chi connectivity index (χ1) is 9.63. The van der Waals surface area contributed by atoms with E-state index in [1.807, 2.05) is 24.3 Å². The van der Waals surface area contributed by atoms with E-state index in [1.54, 1.807) is 0 Å². The van der Waals surface area contributed by atoms with Crippen LogP contribution in [0.4, 0.5) is 0 Å². The van der Waals surface area contributed by atoms with Gasteiger partial charge in [-0.15, -0.1) is 0 Å². The normalized spacial score (nSPS) is 28.3. The Kier molecular flexibility index (Phi) is 5.48. The Balaban J connectivity index is 2.14. The van der Waals surface area contributed by atoms with Crippen LogP contribution in [-0.4, -0.2) is 11.7 Å². The Bertz CT molecular complexity index is 427. The van der Waals surface area contributed by atoms with Gasteiger partial charge in [-0.1, -0.05) is 49.6 Å². The van der Waals surface area contributed by atoms with Crippen LogP contribution in [-0.2, 0) is 0 Å². The Morgan fingerprint density at radius 2 is 2.00 bits per heavy atom. The van der Waals surface area contributed by atoms with Gasteiger partial charge in [-0.3, -0.25) is 0 Å². The van der Waals surface area contributed by atoms with E-state index in [4.69, 9.17) is 17.3 Å². The van der Waals surface area contributed by atoms with Gasteiger partial charge >= 0.3 is 0 Å². The molecule has 0 aliphatic heterocycles. The molecule has 1 aromatic carbocycles. The molecule has 0 spiro atoms. The van der Waals surface area contributed by atoms with Crippen LogP contribution < -0.4 is 5.73 Å². The molecule has 1 aliphatic rings. The number of hydrogen-bond acceptors (Lipinski definition) is 2. The third-order valence-electron chi connectivity index (χ3n) is 4.98. The van der Waals surface area contributed by atoms with E-state index in [9.17, 15) is 5.11 Å². The van der Waals surface area contributed by atoms with Crippen molar-refractivity contribution in [2.45, 2.75) is 51.6 Å². The summed E-state index contributed by atoms with van der Waals surface area (Å²) >= 11 is 6.23. The van der Waals surface area contributed by atoms with Gasteiger partial charge in [-0.2, -0.15) is 0 Å². The zero-order valence-corrected chi connectivity index (χ0v) is 13.1. The Labute approximate surface area is 127 Å². The lowest BCUT2D eigenvalue weighted by Crippen LogP contribution is -2.40. The predicted octanol–water partition coefficient (Wildman–Crippen LogP) is 4.31. The molecule has 20 heavy (non-hydrogen) atoms. The van der Waals surface area contributed by atoms with Crippen LogP contribution >= 0.6 is 11.6 Å². The maximum absolute atomic E-state index is 10.8. The van der Waals surface area contributed by atoms with Crippen molar-refractivity contribution in [3.63, 3.8) is 0 Å². The fraction of sp³-hybridized carbons (Fsp3) is 0.647. The third-order valence-corrected chi connectivity index (χ3v) is 5.33. The predicted molar refractivity (Wildman–Crippen MR) is 84.8 cm³/mol. The van der Waals surface area contributed by atoms with Crippen molar-refractivity contribution in [2.24, 2.45) is 17.1 Å². The van der Waals surface area contributed by atoms with E-state index in [1.165, 1.54) is 25.7 Å². The summed E-state index contributed by atoms with van der Waals surface area (Å²) in [7, 11) is 0. The fourth-order valence-electron chi connectivity index (χ4n) is 3.57. The Morgan fingerprint density at radius 3 is 2.55 bits per heavy atom. The first-order valence-electron chi connectivity index (χ1n) is 7.75. The highest BCUT2D eigenvalue weighted by molar-refractivity contribution is 6.31. The number of nitrogens with two attached hydrogens (primary N) is 1. The lowest BCUT2D eigenvalue weighted by molar-refractivity contribution is -0.0107. The summed E-state index contributed by atoms with van der Waals surface area (Å²) < 4.78 is 0. The average Bonchev–Trinajstić information content (AvgIpc) is 2.48. The molecule has 0 bridgehead atoms. The van der Waals surface area contributed by atoms with Gasteiger partial charge in [0.05, 0.1) is 6.10 Å². The summed E-state index contributed by atoms with van der Waals surface area (Å²) in [4.78, 5) is 0. The molecule has 3 heteroatoms. The molecule has 0 radical (unpaired) electrons. The molecule has 1 aliphatic carbocycles. The van der Waals surface area contributed by atoms with Gasteiger partial charge in [0, 0.05) is 17.0 Å². The van der Waals surface area contributed by atoms with Crippen LogP contribution in [0.3, 0.4) is 0 Å². The number of benzene rings is 1. The van der Waals surface area contributed by atoms with Gasteiger partial charge in [0.2, 0.25) is 0 Å². The molecule has 0 saturated heterocycles. The number of aliphatic hydroxyl groups is 1. The molecule has 112 valence electrons. The van der Waals surface area contributed by atoms with Gasteiger partial charge < -0.3 is 10.8 Å². The van der Waals surface area contributed by atoms with E-state index < -0.39 is 6.10 Å². The van der Waals surface area contributed by atoms with Crippen LogP contribution in [0.25, 0.3) is 0 Å². The monoisotopic (exact) mass is 295 g/mol. The topological polar surface area (TPSA) is 46.2 Å². The highest BCUT2D eigenvalue weighted by Gasteiger charge is 2.41. The standard InChI is InChI=1S/C17H26ClNO/c1-2-5-13-8-10-17(12-19,11-9-13)16(20)14-6-3-4-7-15(14)18/h3-4,6-7,13,16,20H,2,5,8-12,19H2,1H3. The van der Waals surface area contributed by atoms with Crippen molar-refractivity contribution >= 4 is 11.6 Å². The Morgan fingerprint density at radius 1 is 1.35 bits per heavy atom. The first kappa shape index (κ1) is 15.8. The third kappa shape index (κ3) is 3.19. The molecule has 1 saturated carbocycles. The van der Waals surface area contributed by atoms with Crippen molar-refractivity contribution in [2.75, 3.05) is 6.54 Å². The minimum atomic E-state index is -0.552. The van der Waals surface area contributed by atoms with Gasteiger partial charge in [0.1, 0.15) is 0 Å². The highest BCUT2D eigenvalue weighted by atomic mass is 35.5. The largest absolute Gasteiger partial charge is 0.388 e. The summed E-state index contributed by atoms with van der Waals surface area (Å²) in [5.41, 5.74) is 6.67. The van der Waals surface area contributed by atoms with E-state index >= 15 is 0 Å². The van der Waals surface area contributed by atoms with Crippen LogP contribution in [0, 0.1) is 11.3 Å². The highest BCUT2D eigenvalue weighted by Crippen LogP contribution is 2.48. The molecule has 0 aromatic heterocycles. The van der Waals surface area contributed by atoms with Gasteiger partial charge in [-0.05, 0) is 43.2 Å². The summed E-state index contributed by atoms with van der Waals surface area (Å²) in [6.45, 7) is 2.77. The van der Waals surface area contributed by atoms with Crippen molar-refractivity contribution in [1.82, 2.24) is 0 Å². The maximum atomic E-state index is 10.8. The fourth-order valence-corrected chi connectivity index (χ4v) is 3.80. The van der Waals surface area contributed by atoms with Crippen LogP contribution in [0.15, 0.2) is 24.3 Å². The average molecular weight is 296 g/mol. The second-order valence-corrected chi connectivity index (χ2v) is 6.63. The van der Waals surface area contributed by atoms with Crippen molar-refractivity contribution in [3.8, 4) is 0 Å². The minimum absolute atomic E-state index is 0.199. The van der Waals surface area contributed by atoms with E-state index in [-0.39, 0.29) is 5.41 Å². The minimum Gasteiger partial charge on any atom is -0.388 e. The molecule has 2 nitrogen and oxygen atoms in total. The van der Waals surface area contributed by atoms with Crippen LogP contribution in [0.5, 0.6) is 0 Å². The summed E-state index contributed by atoms with van der Waals surface area (Å²) in [6, 6.07) is 7.58. The zero-order valence-electron chi connectivity index (χ0n) is 12.3. The number of rotatable bonds is 5. The summed E-state index contributed by atoms with van der Waals surface area (Å²) in [5, 5.41) is 11.5. The van der Waals surface area contributed by atoms with Crippen molar-refractivity contribution in [3.05, 3.63) is 34.9 Å². The van der Waals surface area contributed by atoms with Crippen molar-refractivity contribution < 1.29 is 5.11 Å². The van der Waals surface area contributed by atoms with Gasteiger partial charge in [0.25, 0.3) is 0 Å². The van der Waals surface area contributed by atoms with Gasteiger partial charge in [-0.25, -0.2) is 0 Å². The molecule has 1 atom stereocenters. The SMILES string of the molecule is CCCC1CCC(CN)(C(O)c2ccccc2Cl)CC1. The van der Waals surface area contributed by atoms with E-state index in [0.717, 1.165) is 24.3 Å². The maximum Gasteiger partial charge on any atom is 0.0872 e. The van der Waals surface area contributed by atoms with Crippen molar-refractivity contribution in [1.29, 1.82) is 0 Å². The van der Waals surface area contributed by atoms with Crippen LogP contribution in [0.1, 0.15) is 57.1 Å². The smallest absolute Gasteiger partial charge is 0.0872 e. The second-order valence-electron chi connectivity index (χ2n) is 6.22. The molecule has 3 N–H and O–H groups in total. The van der Waals surface area contributed by atoms with Crippen LogP contribution in [0.2, 0.25) is 5.02 Å².